The number of ether oxygens (including phenoxy) is 3. The molecule has 8 heteroatoms. The summed E-state index contributed by atoms with van der Waals surface area (Å²) in [4.78, 5) is 18.3. The second-order valence-electron chi connectivity index (χ2n) is 7.02. The summed E-state index contributed by atoms with van der Waals surface area (Å²) >= 11 is 0. The van der Waals surface area contributed by atoms with Crippen molar-refractivity contribution in [3.05, 3.63) is 23.4 Å². The van der Waals surface area contributed by atoms with Gasteiger partial charge in [0.2, 0.25) is 5.88 Å². The SMILES string of the molecule is COCOc1cc2c(cn1)C[C@@H]([C@H](O)CN)N(C(=O)OC(C)(C)C)C2. The van der Waals surface area contributed by atoms with Gasteiger partial charge in [0, 0.05) is 32.5 Å². The van der Waals surface area contributed by atoms with Gasteiger partial charge in [-0.05, 0) is 38.3 Å². The molecular weight excluding hydrogens is 326 g/mol. The number of hydrogen-bond donors (Lipinski definition) is 2. The number of carbonyl (C=O) groups is 1. The summed E-state index contributed by atoms with van der Waals surface area (Å²) in [7, 11) is 1.53. The Kier molecular flexibility index (Phi) is 6.21. The zero-order valence-corrected chi connectivity index (χ0v) is 15.2. The maximum atomic E-state index is 12.6. The molecule has 1 aromatic heterocycles. The highest BCUT2D eigenvalue weighted by atomic mass is 16.7. The number of nitrogens with zero attached hydrogens (tertiary/aromatic N) is 2. The fraction of sp³-hybridized carbons (Fsp3) is 0.647. The molecule has 0 bridgehead atoms. The van der Waals surface area contributed by atoms with Crippen LogP contribution in [0.5, 0.6) is 5.88 Å². The number of methoxy groups -OCH3 is 1. The molecule has 0 fully saturated rings. The normalized spacial score (nSPS) is 18.5. The van der Waals surface area contributed by atoms with Gasteiger partial charge >= 0.3 is 6.09 Å². The lowest BCUT2D eigenvalue weighted by atomic mass is 9.92. The van der Waals surface area contributed by atoms with Gasteiger partial charge in [0.1, 0.15) is 5.60 Å². The smallest absolute Gasteiger partial charge is 0.410 e. The predicted molar refractivity (Wildman–Crippen MR) is 91.1 cm³/mol. The number of carbonyl (C=O) groups excluding carboxylic acids is 1. The molecule has 0 radical (unpaired) electrons. The molecule has 8 nitrogen and oxygen atoms in total. The van der Waals surface area contributed by atoms with E-state index in [2.05, 4.69) is 4.98 Å². The summed E-state index contributed by atoms with van der Waals surface area (Å²) in [5, 5.41) is 10.3. The lowest BCUT2D eigenvalue weighted by Crippen LogP contribution is -2.53. The van der Waals surface area contributed by atoms with Crippen LogP contribution in [-0.4, -0.2) is 59.3 Å². The molecule has 2 heterocycles. The number of nitrogens with two attached hydrogens (primary N) is 1. The molecule has 0 unspecified atom stereocenters. The van der Waals surface area contributed by atoms with E-state index in [0.717, 1.165) is 11.1 Å². The predicted octanol–water partition coefficient (Wildman–Crippen LogP) is 1.05. The van der Waals surface area contributed by atoms with Crippen LogP contribution in [0.1, 0.15) is 31.9 Å². The first-order chi connectivity index (χ1) is 11.7. The number of pyridine rings is 1. The molecule has 25 heavy (non-hydrogen) atoms. The van der Waals surface area contributed by atoms with Crippen molar-refractivity contribution in [3.8, 4) is 5.88 Å². The topological polar surface area (TPSA) is 107 Å². The largest absolute Gasteiger partial charge is 0.451 e. The standard InChI is InChI=1S/C17H27N3O5/c1-17(2,3)25-16(22)20-9-12-6-15(24-10-23-4)19-8-11(12)5-13(20)14(21)7-18/h6,8,13-14,21H,5,7,9-10,18H2,1-4H3/t13-,14+/m0/s1. The van der Waals surface area contributed by atoms with Gasteiger partial charge in [0.05, 0.1) is 12.1 Å². The van der Waals surface area contributed by atoms with Crippen molar-refractivity contribution in [1.29, 1.82) is 0 Å². The van der Waals surface area contributed by atoms with E-state index in [1.165, 1.54) is 12.0 Å². The third-order valence-electron chi connectivity index (χ3n) is 3.87. The summed E-state index contributed by atoms with van der Waals surface area (Å²) in [5.74, 6) is 0.419. The van der Waals surface area contributed by atoms with E-state index in [1.54, 1.807) is 33.0 Å². The van der Waals surface area contributed by atoms with E-state index in [9.17, 15) is 9.90 Å². The van der Waals surface area contributed by atoms with Crippen LogP contribution in [-0.2, 0) is 22.4 Å². The summed E-state index contributed by atoms with van der Waals surface area (Å²) in [5.41, 5.74) is 6.83. The van der Waals surface area contributed by atoms with Crippen molar-refractivity contribution in [1.82, 2.24) is 9.88 Å². The molecule has 1 amide bonds. The molecule has 0 saturated heterocycles. The Morgan fingerprint density at radius 1 is 1.48 bits per heavy atom. The van der Waals surface area contributed by atoms with Crippen molar-refractivity contribution in [2.24, 2.45) is 5.73 Å². The van der Waals surface area contributed by atoms with Crippen LogP contribution in [0.25, 0.3) is 0 Å². The Bertz CT molecular complexity index is 602. The minimum absolute atomic E-state index is 0.0573. The van der Waals surface area contributed by atoms with Crippen LogP contribution >= 0.6 is 0 Å². The average Bonchev–Trinajstić information content (AvgIpc) is 2.56. The molecule has 1 aliphatic heterocycles. The molecule has 1 aromatic rings. The number of rotatable bonds is 5. The molecule has 140 valence electrons. The Hall–Kier alpha value is -1.90. The van der Waals surface area contributed by atoms with Gasteiger partial charge in [0.15, 0.2) is 6.79 Å². The van der Waals surface area contributed by atoms with Crippen molar-refractivity contribution in [2.75, 3.05) is 20.4 Å². The summed E-state index contributed by atoms with van der Waals surface area (Å²) in [6.07, 6.45) is 0.824. The van der Waals surface area contributed by atoms with Gasteiger partial charge in [-0.2, -0.15) is 0 Å². The van der Waals surface area contributed by atoms with Gasteiger partial charge < -0.3 is 25.1 Å². The van der Waals surface area contributed by atoms with Crippen molar-refractivity contribution >= 4 is 6.09 Å². The summed E-state index contributed by atoms with van der Waals surface area (Å²) in [6.45, 7) is 5.85. The molecule has 2 atom stereocenters. The van der Waals surface area contributed by atoms with Gasteiger partial charge in [-0.3, -0.25) is 4.90 Å². The molecule has 0 aromatic carbocycles. The van der Waals surface area contributed by atoms with Crippen LogP contribution in [0.3, 0.4) is 0 Å². The lowest BCUT2D eigenvalue weighted by Gasteiger charge is -2.39. The minimum atomic E-state index is -0.843. The maximum Gasteiger partial charge on any atom is 0.410 e. The molecule has 0 spiro atoms. The molecule has 2 rings (SSSR count). The fourth-order valence-corrected chi connectivity index (χ4v) is 2.69. The first-order valence-corrected chi connectivity index (χ1v) is 8.22. The minimum Gasteiger partial charge on any atom is -0.451 e. The zero-order chi connectivity index (χ0) is 18.6. The Labute approximate surface area is 147 Å². The fourth-order valence-electron chi connectivity index (χ4n) is 2.69. The Morgan fingerprint density at radius 3 is 2.80 bits per heavy atom. The second-order valence-corrected chi connectivity index (χ2v) is 7.02. The summed E-state index contributed by atoms with van der Waals surface area (Å²) in [6, 6.07) is 1.32. The number of hydrogen-bond acceptors (Lipinski definition) is 7. The highest BCUT2D eigenvalue weighted by molar-refractivity contribution is 5.69. The van der Waals surface area contributed by atoms with Gasteiger partial charge in [0.25, 0.3) is 0 Å². The third-order valence-corrected chi connectivity index (χ3v) is 3.87. The number of fused-ring (bicyclic) bond motifs is 1. The van der Waals surface area contributed by atoms with Crippen LogP contribution in [0.4, 0.5) is 4.79 Å². The van der Waals surface area contributed by atoms with E-state index in [-0.39, 0.29) is 19.9 Å². The van der Waals surface area contributed by atoms with E-state index in [1.807, 2.05) is 0 Å². The van der Waals surface area contributed by atoms with Gasteiger partial charge in [-0.1, -0.05) is 0 Å². The van der Waals surface area contributed by atoms with E-state index in [0.29, 0.717) is 12.3 Å². The summed E-state index contributed by atoms with van der Waals surface area (Å²) < 4.78 is 15.7. The first-order valence-electron chi connectivity index (χ1n) is 8.22. The molecule has 1 aliphatic rings. The monoisotopic (exact) mass is 353 g/mol. The van der Waals surface area contributed by atoms with Gasteiger partial charge in [-0.25, -0.2) is 9.78 Å². The lowest BCUT2D eigenvalue weighted by molar-refractivity contribution is -0.0103. The van der Waals surface area contributed by atoms with Crippen LogP contribution < -0.4 is 10.5 Å². The van der Waals surface area contributed by atoms with E-state index < -0.39 is 23.8 Å². The van der Waals surface area contributed by atoms with Gasteiger partial charge in [-0.15, -0.1) is 0 Å². The molecular formula is C17H27N3O5. The highest BCUT2D eigenvalue weighted by Crippen LogP contribution is 2.28. The van der Waals surface area contributed by atoms with Crippen LogP contribution in [0.2, 0.25) is 0 Å². The third kappa shape index (κ3) is 5.04. The molecule has 3 N–H and O–H groups in total. The van der Waals surface area contributed by atoms with E-state index in [4.69, 9.17) is 19.9 Å². The van der Waals surface area contributed by atoms with Crippen molar-refractivity contribution in [3.63, 3.8) is 0 Å². The maximum absolute atomic E-state index is 12.6. The number of amides is 1. The van der Waals surface area contributed by atoms with Crippen LogP contribution in [0.15, 0.2) is 12.3 Å². The van der Waals surface area contributed by atoms with Crippen molar-refractivity contribution < 1.29 is 24.1 Å². The molecule has 0 saturated carbocycles. The highest BCUT2D eigenvalue weighted by Gasteiger charge is 2.36. The van der Waals surface area contributed by atoms with Crippen LogP contribution in [0, 0.1) is 0 Å². The number of aromatic nitrogens is 1. The molecule has 0 aliphatic carbocycles. The zero-order valence-electron chi connectivity index (χ0n) is 15.2. The first kappa shape index (κ1) is 19.4. The van der Waals surface area contributed by atoms with E-state index >= 15 is 0 Å². The average molecular weight is 353 g/mol. The Morgan fingerprint density at radius 2 is 2.20 bits per heavy atom. The quantitative estimate of drug-likeness (QED) is 0.762. The Balaban J connectivity index is 2.26. The van der Waals surface area contributed by atoms with Crippen molar-refractivity contribution in [2.45, 2.75) is 51.5 Å². The number of aliphatic hydroxyl groups excluding tert-OH is 1. The second kappa shape index (κ2) is 7.99. The number of aliphatic hydroxyl groups is 1.